The van der Waals surface area contributed by atoms with Gasteiger partial charge in [0.1, 0.15) is 0 Å². The molecule has 18 heavy (non-hydrogen) atoms. The summed E-state index contributed by atoms with van der Waals surface area (Å²) in [5, 5.41) is 15.0. The van der Waals surface area contributed by atoms with Gasteiger partial charge in [0.05, 0.1) is 17.0 Å². The number of carbonyl (C=O) groups excluding carboxylic acids is 1. The standard InChI is InChI=1S/C14H17N3O/c1-14(6-3-7-16-10-14)13(18)17-12-5-2-4-11(8-12)9-15/h2,4-5,8,16H,3,6-7,10H2,1H3,(H,17,18). The predicted octanol–water partition coefficient (Wildman–Crippen LogP) is 1.89. The Morgan fingerprint density at radius 2 is 2.39 bits per heavy atom. The van der Waals surface area contributed by atoms with Crippen LogP contribution in [0.4, 0.5) is 5.69 Å². The summed E-state index contributed by atoms with van der Waals surface area (Å²) < 4.78 is 0. The van der Waals surface area contributed by atoms with E-state index in [9.17, 15) is 4.79 Å². The molecule has 4 heteroatoms. The van der Waals surface area contributed by atoms with Gasteiger partial charge in [-0.15, -0.1) is 0 Å². The molecule has 1 amide bonds. The van der Waals surface area contributed by atoms with Crippen LogP contribution in [0, 0.1) is 16.7 Å². The lowest BCUT2D eigenvalue weighted by molar-refractivity contribution is -0.125. The SMILES string of the molecule is CC1(C(=O)Nc2cccc(C#N)c2)CCCNC1. The highest BCUT2D eigenvalue weighted by Gasteiger charge is 2.34. The number of hydrogen-bond acceptors (Lipinski definition) is 3. The van der Waals surface area contributed by atoms with Crippen LogP contribution < -0.4 is 10.6 Å². The first-order valence-electron chi connectivity index (χ1n) is 6.16. The molecule has 2 N–H and O–H groups in total. The normalized spacial score (nSPS) is 23.1. The summed E-state index contributed by atoms with van der Waals surface area (Å²) in [6.07, 6.45) is 1.91. The van der Waals surface area contributed by atoms with E-state index in [2.05, 4.69) is 16.7 Å². The van der Waals surface area contributed by atoms with Gasteiger partial charge in [-0.3, -0.25) is 4.79 Å². The number of rotatable bonds is 2. The number of nitriles is 1. The van der Waals surface area contributed by atoms with E-state index < -0.39 is 0 Å². The minimum atomic E-state index is -0.360. The summed E-state index contributed by atoms with van der Waals surface area (Å²) in [4.78, 5) is 12.3. The number of benzene rings is 1. The van der Waals surface area contributed by atoms with Gasteiger partial charge in [0.2, 0.25) is 5.91 Å². The number of nitrogens with zero attached hydrogens (tertiary/aromatic N) is 1. The summed E-state index contributed by atoms with van der Waals surface area (Å²) in [6, 6.07) is 9.06. The number of amides is 1. The molecule has 1 atom stereocenters. The monoisotopic (exact) mass is 243 g/mol. The molecule has 1 aromatic carbocycles. The van der Waals surface area contributed by atoms with Gasteiger partial charge < -0.3 is 10.6 Å². The smallest absolute Gasteiger partial charge is 0.231 e. The fourth-order valence-electron chi connectivity index (χ4n) is 2.20. The van der Waals surface area contributed by atoms with Crippen LogP contribution in [-0.4, -0.2) is 19.0 Å². The van der Waals surface area contributed by atoms with E-state index in [0.29, 0.717) is 17.8 Å². The van der Waals surface area contributed by atoms with Gasteiger partial charge in [0.15, 0.2) is 0 Å². The average Bonchev–Trinajstić information content (AvgIpc) is 2.40. The second-order valence-corrected chi connectivity index (χ2v) is 4.99. The molecule has 94 valence electrons. The van der Waals surface area contributed by atoms with Crippen molar-refractivity contribution in [3.63, 3.8) is 0 Å². The van der Waals surface area contributed by atoms with Crippen LogP contribution in [-0.2, 0) is 4.79 Å². The van der Waals surface area contributed by atoms with Gasteiger partial charge in [-0.2, -0.15) is 5.26 Å². The van der Waals surface area contributed by atoms with Crippen LogP contribution in [0.5, 0.6) is 0 Å². The summed E-state index contributed by atoms with van der Waals surface area (Å²) >= 11 is 0. The molecule has 0 radical (unpaired) electrons. The first-order chi connectivity index (χ1) is 8.64. The van der Waals surface area contributed by atoms with Crippen LogP contribution in [0.2, 0.25) is 0 Å². The Balaban J connectivity index is 2.08. The van der Waals surface area contributed by atoms with Crippen molar-refractivity contribution in [2.45, 2.75) is 19.8 Å². The second kappa shape index (κ2) is 5.19. The van der Waals surface area contributed by atoms with Gasteiger partial charge in [-0.05, 0) is 44.5 Å². The summed E-state index contributed by atoms with van der Waals surface area (Å²) in [7, 11) is 0. The highest BCUT2D eigenvalue weighted by molar-refractivity contribution is 5.95. The Bertz CT molecular complexity index is 484. The Kier molecular flexibility index (Phi) is 3.63. The van der Waals surface area contributed by atoms with E-state index in [0.717, 1.165) is 19.4 Å². The molecule has 0 bridgehead atoms. The van der Waals surface area contributed by atoms with Crippen molar-refractivity contribution in [1.82, 2.24) is 5.32 Å². The molecule has 1 saturated heterocycles. The van der Waals surface area contributed by atoms with E-state index >= 15 is 0 Å². The maximum absolute atomic E-state index is 12.3. The molecular weight excluding hydrogens is 226 g/mol. The predicted molar refractivity (Wildman–Crippen MR) is 70.0 cm³/mol. The average molecular weight is 243 g/mol. The summed E-state index contributed by atoms with van der Waals surface area (Å²) in [5.74, 6) is 0.0183. The molecule has 4 nitrogen and oxygen atoms in total. The zero-order valence-electron chi connectivity index (χ0n) is 10.5. The summed E-state index contributed by atoms with van der Waals surface area (Å²) in [5.41, 5.74) is 0.881. The van der Waals surface area contributed by atoms with Crippen LogP contribution in [0.1, 0.15) is 25.3 Å². The van der Waals surface area contributed by atoms with E-state index in [1.54, 1.807) is 24.3 Å². The zero-order chi connectivity index (χ0) is 13.0. The lowest BCUT2D eigenvalue weighted by Gasteiger charge is -2.32. The lowest BCUT2D eigenvalue weighted by atomic mass is 9.82. The Labute approximate surface area is 107 Å². The topological polar surface area (TPSA) is 64.9 Å². The van der Waals surface area contributed by atoms with Gasteiger partial charge in [0.25, 0.3) is 0 Å². The first-order valence-corrected chi connectivity index (χ1v) is 6.16. The molecule has 0 saturated carbocycles. The Morgan fingerprint density at radius 3 is 3.06 bits per heavy atom. The molecule has 1 aromatic rings. The van der Waals surface area contributed by atoms with Crippen molar-refractivity contribution < 1.29 is 4.79 Å². The fraction of sp³-hybridized carbons (Fsp3) is 0.429. The number of hydrogen-bond donors (Lipinski definition) is 2. The molecule has 1 fully saturated rings. The van der Waals surface area contributed by atoms with Gasteiger partial charge >= 0.3 is 0 Å². The van der Waals surface area contributed by atoms with Gasteiger partial charge in [0, 0.05) is 12.2 Å². The third-order valence-corrected chi connectivity index (χ3v) is 3.39. The Hall–Kier alpha value is -1.86. The first kappa shape index (κ1) is 12.6. The number of piperidine rings is 1. The maximum Gasteiger partial charge on any atom is 0.231 e. The molecule has 1 aliphatic heterocycles. The van der Waals surface area contributed by atoms with Crippen molar-refractivity contribution in [3.8, 4) is 6.07 Å². The zero-order valence-corrected chi connectivity index (χ0v) is 10.5. The number of carbonyl (C=O) groups is 1. The maximum atomic E-state index is 12.3. The van der Waals surface area contributed by atoms with Gasteiger partial charge in [-0.1, -0.05) is 6.07 Å². The van der Waals surface area contributed by atoms with E-state index in [4.69, 9.17) is 5.26 Å². The molecular formula is C14H17N3O. The Morgan fingerprint density at radius 1 is 1.56 bits per heavy atom. The fourth-order valence-corrected chi connectivity index (χ4v) is 2.20. The number of nitrogens with one attached hydrogen (secondary N) is 2. The summed E-state index contributed by atoms with van der Waals surface area (Å²) in [6.45, 7) is 3.66. The van der Waals surface area contributed by atoms with Crippen LogP contribution in [0.25, 0.3) is 0 Å². The third kappa shape index (κ3) is 2.69. The van der Waals surface area contributed by atoms with Crippen molar-refractivity contribution in [3.05, 3.63) is 29.8 Å². The molecule has 2 rings (SSSR count). The van der Waals surface area contributed by atoms with Crippen LogP contribution >= 0.6 is 0 Å². The lowest BCUT2D eigenvalue weighted by Crippen LogP contribution is -2.46. The second-order valence-electron chi connectivity index (χ2n) is 4.99. The highest BCUT2D eigenvalue weighted by atomic mass is 16.2. The molecule has 0 spiro atoms. The quantitative estimate of drug-likeness (QED) is 0.833. The van der Waals surface area contributed by atoms with Crippen LogP contribution in [0.3, 0.4) is 0 Å². The van der Waals surface area contributed by atoms with Gasteiger partial charge in [-0.25, -0.2) is 0 Å². The molecule has 0 aliphatic carbocycles. The molecule has 0 aromatic heterocycles. The minimum Gasteiger partial charge on any atom is -0.326 e. The third-order valence-electron chi connectivity index (χ3n) is 3.39. The molecule has 1 unspecified atom stereocenters. The van der Waals surface area contributed by atoms with E-state index in [-0.39, 0.29) is 11.3 Å². The molecule has 1 aliphatic rings. The van der Waals surface area contributed by atoms with Crippen LogP contribution in [0.15, 0.2) is 24.3 Å². The van der Waals surface area contributed by atoms with Crippen molar-refractivity contribution >= 4 is 11.6 Å². The highest BCUT2D eigenvalue weighted by Crippen LogP contribution is 2.27. The van der Waals surface area contributed by atoms with Crippen molar-refractivity contribution in [1.29, 1.82) is 5.26 Å². The van der Waals surface area contributed by atoms with Crippen molar-refractivity contribution in [2.75, 3.05) is 18.4 Å². The number of anilines is 1. The minimum absolute atomic E-state index is 0.0183. The van der Waals surface area contributed by atoms with E-state index in [1.165, 1.54) is 0 Å². The largest absolute Gasteiger partial charge is 0.326 e. The van der Waals surface area contributed by atoms with Crippen molar-refractivity contribution in [2.24, 2.45) is 5.41 Å². The molecule has 1 heterocycles. The van der Waals surface area contributed by atoms with E-state index in [1.807, 2.05) is 6.92 Å².